The first kappa shape index (κ1) is 23.6. The molecule has 0 spiro atoms. The summed E-state index contributed by atoms with van der Waals surface area (Å²) in [4.78, 5) is 28.1. The fourth-order valence-corrected chi connectivity index (χ4v) is 6.20. The van der Waals surface area contributed by atoms with Crippen molar-refractivity contribution < 1.29 is 18.7 Å². The molecule has 2 aromatic heterocycles. The third kappa shape index (κ3) is 4.34. The third-order valence-corrected chi connectivity index (χ3v) is 8.10. The summed E-state index contributed by atoms with van der Waals surface area (Å²) in [6, 6.07) is 26.4. The molecule has 2 atom stereocenters. The molecule has 2 unspecified atom stereocenters. The molecule has 9 heteroatoms. The Hall–Kier alpha value is -4.50. The van der Waals surface area contributed by atoms with Gasteiger partial charge in [-0.25, -0.2) is 9.48 Å². The van der Waals surface area contributed by atoms with Crippen LogP contribution in [0, 0.1) is 0 Å². The second kappa shape index (κ2) is 9.67. The van der Waals surface area contributed by atoms with Crippen LogP contribution in [0.1, 0.15) is 10.9 Å². The Kier molecular flexibility index (Phi) is 5.85. The summed E-state index contributed by atoms with van der Waals surface area (Å²) in [7, 11) is 0. The number of benzene rings is 3. The smallest absolute Gasteiger partial charge is 0.345 e. The Balaban J connectivity index is 1.29. The lowest BCUT2D eigenvalue weighted by molar-refractivity contribution is -0.129. The molecule has 7 rings (SSSR count). The highest BCUT2D eigenvalue weighted by atomic mass is 32.2. The summed E-state index contributed by atoms with van der Waals surface area (Å²) in [5.41, 5.74) is 2.48. The van der Waals surface area contributed by atoms with Gasteiger partial charge in [-0.2, -0.15) is 5.10 Å². The number of thioether (sulfide) groups is 1. The Morgan fingerprint density at radius 3 is 2.56 bits per heavy atom. The lowest BCUT2D eigenvalue weighted by atomic mass is 10.1. The minimum absolute atomic E-state index is 0.00332. The van der Waals surface area contributed by atoms with Crippen LogP contribution in [-0.2, 0) is 4.79 Å². The van der Waals surface area contributed by atoms with Crippen molar-refractivity contribution in [2.75, 3.05) is 18.9 Å². The molecule has 1 amide bonds. The minimum atomic E-state index is -0.477. The molecule has 0 bridgehead atoms. The van der Waals surface area contributed by atoms with E-state index in [1.165, 1.54) is 11.8 Å². The van der Waals surface area contributed by atoms with Crippen molar-refractivity contribution in [3.05, 3.63) is 107 Å². The van der Waals surface area contributed by atoms with Gasteiger partial charge in [0.25, 0.3) is 0 Å². The van der Waals surface area contributed by atoms with Gasteiger partial charge in [0.15, 0.2) is 17.6 Å². The molecule has 0 aliphatic carbocycles. The molecule has 3 aromatic carbocycles. The van der Waals surface area contributed by atoms with Crippen molar-refractivity contribution in [2.45, 2.75) is 11.5 Å². The number of amides is 1. The van der Waals surface area contributed by atoms with Crippen LogP contribution >= 0.6 is 11.8 Å². The van der Waals surface area contributed by atoms with E-state index < -0.39 is 5.63 Å². The first-order valence-corrected chi connectivity index (χ1v) is 13.7. The number of fused-ring (bicyclic) bond motifs is 2. The maximum Gasteiger partial charge on any atom is 0.345 e. The SMILES string of the molecule is O=C1CSC(c2cn(-c3ccccc3)nc2-c2cc3ccccc3oc2=O)N1CC1COc2ccccc2O1. The normalized spacial score (nSPS) is 18.6. The van der Waals surface area contributed by atoms with E-state index >= 15 is 0 Å². The standard InChI is InChI=1S/C30H23N3O5S/c34-27-18-39-29(32(27)15-21-17-36-25-12-6-7-13-26(25)37-21)23-16-33(20-9-2-1-3-10-20)31-28(23)22-14-19-8-4-5-11-24(19)38-30(22)35/h1-14,16,21,29H,15,17-18H2. The van der Waals surface area contributed by atoms with E-state index in [0.717, 1.165) is 16.6 Å². The molecular formula is C30H23N3O5S. The van der Waals surface area contributed by atoms with Crippen LogP contribution in [-0.4, -0.2) is 45.6 Å². The lowest BCUT2D eigenvalue weighted by Crippen LogP contribution is -2.42. The summed E-state index contributed by atoms with van der Waals surface area (Å²) in [6.45, 7) is 0.676. The molecule has 4 heterocycles. The van der Waals surface area contributed by atoms with Gasteiger partial charge >= 0.3 is 5.63 Å². The van der Waals surface area contributed by atoms with E-state index in [0.29, 0.717) is 47.2 Å². The molecule has 8 nitrogen and oxygen atoms in total. The molecule has 5 aromatic rings. The Morgan fingerprint density at radius 2 is 1.69 bits per heavy atom. The molecule has 39 heavy (non-hydrogen) atoms. The Labute approximate surface area is 227 Å². The molecule has 1 saturated heterocycles. The first-order valence-electron chi connectivity index (χ1n) is 12.6. The van der Waals surface area contributed by atoms with Gasteiger partial charge in [-0.1, -0.05) is 48.5 Å². The Morgan fingerprint density at radius 1 is 0.923 bits per heavy atom. The van der Waals surface area contributed by atoms with Crippen molar-refractivity contribution in [1.82, 2.24) is 14.7 Å². The number of para-hydroxylation sites is 4. The Bertz CT molecular complexity index is 1750. The molecule has 0 saturated carbocycles. The molecular weight excluding hydrogens is 514 g/mol. The first-order chi connectivity index (χ1) is 19.1. The average molecular weight is 538 g/mol. The lowest BCUT2D eigenvalue weighted by Gasteiger charge is -2.31. The number of hydrogen-bond donors (Lipinski definition) is 0. The van der Waals surface area contributed by atoms with Crippen molar-refractivity contribution in [3.8, 4) is 28.4 Å². The molecule has 2 aliphatic heterocycles. The van der Waals surface area contributed by atoms with Gasteiger partial charge in [-0.3, -0.25) is 4.79 Å². The zero-order chi connectivity index (χ0) is 26.3. The highest BCUT2D eigenvalue weighted by Crippen LogP contribution is 2.43. The second-order valence-corrected chi connectivity index (χ2v) is 10.5. The molecule has 0 radical (unpaired) electrons. The van der Waals surface area contributed by atoms with Crippen molar-refractivity contribution >= 4 is 28.6 Å². The number of nitrogens with zero attached hydrogens (tertiary/aromatic N) is 3. The van der Waals surface area contributed by atoms with E-state index in [2.05, 4.69) is 0 Å². The number of ether oxygens (including phenoxy) is 2. The number of carbonyl (C=O) groups is 1. The van der Waals surface area contributed by atoms with Crippen molar-refractivity contribution in [1.29, 1.82) is 0 Å². The monoisotopic (exact) mass is 537 g/mol. The van der Waals surface area contributed by atoms with Gasteiger partial charge in [0.05, 0.1) is 23.5 Å². The summed E-state index contributed by atoms with van der Waals surface area (Å²) >= 11 is 1.51. The summed E-state index contributed by atoms with van der Waals surface area (Å²) < 4.78 is 19.5. The topological polar surface area (TPSA) is 86.8 Å². The van der Waals surface area contributed by atoms with Crippen LogP contribution in [0.3, 0.4) is 0 Å². The van der Waals surface area contributed by atoms with Crippen LogP contribution in [0.2, 0.25) is 0 Å². The predicted molar refractivity (Wildman–Crippen MR) is 148 cm³/mol. The number of hydrogen-bond acceptors (Lipinski definition) is 7. The third-order valence-electron chi connectivity index (χ3n) is 6.86. The number of aromatic nitrogens is 2. The van der Waals surface area contributed by atoms with Crippen LogP contribution in [0.5, 0.6) is 11.5 Å². The van der Waals surface area contributed by atoms with Gasteiger partial charge in [0.2, 0.25) is 5.91 Å². The number of rotatable bonds is 5. The summed E-state index contributed by atoms with van der Waals surface area (Å²) in [6.07, 6.45) is 1.57. The second-order valence-electron chi connectivity index (χ2n) is 9.41. The van der Waals surface area contributed by atoms with E-state index in [4.69, 9.17) is 19.0 Å². The van der Waals surface area contributed by atoms with Crippen LogP contribution < -0.4 is 15.1 Å². The van der Waals surface area contributed by atoms with Crippen LogP contribution in [0.25, 0.3) is 27.9 Å². The maximum absolute atomic E-state index is 13.2. The predicted octanol–water partition coefficient (Wildman–Crippen LogP) is 5.06. The molecule has 1 fully saturated rings. The van der Waals surface area contributed by atoms with E-state index in [1.807, 2.05) is 85.1 Å². The maximum atomic E-state index is 13.2. The minimum Gasteiger partial charge on any atom is -0.486 e. The molecule has 2 aliphatic rings. The molecule has 0 N–H and O–H groups in total. The zero-order valence-corrected chi connectivity index (χ0v) is 21.5. The fourth-order valence-electron chi connectivity index (χ4n) is 5.00. The summed E-state index contributed by atoms with van der Waals surface area (Å²) in [5, 5.41) is 5.28. The highest BCUT2D eigenvalue weighted by Gasteiger charge is 2.39. The van der Waals surface area contributed by atoms with Gasteiger partial charge in [0, 0.05) is 17.1 Å². The van der Waals surface area contributed by atoms with Gasteiger partial charge < -0.3 is 18.8 Å². The average Bonchev–Trinajstić information content (AvgIpc) is 3.56. The van der Waals surface area contributed by atoms with Crippen LogP contribution in [0.15, 0.2) is 100 Å². The largest absolute Gasteiger partial charge is 0.486 e. The van der Waals surface area contributed by atoms with Gasteiger partial charge in [-0.15, -0.1) is 11.8 Å². The van der Waals surface area contributed by atoms with E-state index in [9.17, 15) is 9.59 Å². The highest BCUT2D eigenvalue weighted by molar-refractivity contribution is 8.00. The molecule has 194 valence electrons. The van der Waals surface area contributed by atoms with Crippen molar-refractivity contribution in [2.24, 2.45) is 0 Å². The summed E-state index contributed by atoms with van der Waals surface area (Å²) in [5.74, 6) is 1.67. The van der Waals surface area contributed by atoms with E-state index in [1.54, 1.807) is 15.6 Å². The van der Waals surface area contributed by atoms with Crippen LogP contribution in [0.4, 0.5) is 0 Å². The quantitative estimate of drug-likeness (QED) is 0.290. The van der Waals surface area contributed by atoms with Crippen molar-refractivity contribution in [3.63, 3.8) is 0 Å². The number of carbonyl (C=O) groups excluding carboxylic acids is 1. The van der Waals surface area contributed by atoms with E-state index in [-0.39, 0.29) is 17.4 Å². The van der Waals surface area contributed by atoms with Gasteiger partial charge in [-0.05, 0) is 36.4 Å². The van der Waals surface area contributed by atoms with Gasteiger partial charge in [0.1, 0.15) is 23.3 Å². The zero-order valence-electron chi connectivity index (χ0n) is 20.7. The fraction of sp³-hybridized carbons (Fsp3) is 0.167.